The van der Waals surface area contributed by atoms with Gasteiger partial charge in [0.2, 0.25) is 0 Å². The van der Waals surface area contributed by atoms with Crippen LogP contribution in [-0.2, 0) is 0 Å². The third-order valence-electron chi connectivity index (χ3n) is 5.78. The van der Waals surface area contributed by atoms with Gasteiger partial charge in [-0.05, 0) is 51.8 Å². The molecule has 3 rings (SSSR count). The van der Waals surface area contributed by atoms with E-state index in [1.54, 1.807) is 0 Å². The quantitative estimate of drug-likeness (QED) is 0.810. The zero-order valence-electron chi connectivity index (χ0n) is 16.5. The van der Waals surface area contributed by atoms with Gasteiger partial charge < -0.3 is 14.5 Å². The molecule has 0 aromatic heterocycles. The predicted octanol–water partition coefficient (Wildman–Crippen LogP) is 2.57. The molecular weight excluding hydrogens is 326 g/mol. The van der Waals surface area contributed by atoms with Crippen molar-refractivity contribution in [3.63, 3.8) is 0 Å². The fourth-order valence-electron chi connectivity index (χ4n) is 4.19. The number of likely N-dealkylation sites (N-methyl/N-ethyl adjacent to an activating group) is 1. The fraction of sp³-hybridized carbons (Fsp3) is 0.667. The van der Waals surface area contributed by atoms with Crippen LogP contribution < -0.4 is 4.74 Å². The van der Waals surface area contributed by atoms with Crippen molar-refractivity contribution in [3.8, 4) is 5.75 Å². The highest BCUT2D eigenvalue weighted by Gasteiger charge is 2.29. The average Bonchev–Trinajstić information content (AvgIpc) is 2.65. The Bertz CT molecular complexity index is 599. The lowest BCUT2D eigenvalue weighted by Crippen LogP contribution is -2.52. The first-order valence-corrected chi connectivity index (χ1v) is 10.0. The summed E-state index contributed by atoms with van der Waals surface area (Å²) >= 11 is 0. The molecule has 2 heterocycles. The molecule has 2 saturated heterocycles. The molecule has 0 aliphatic carbocycles. The van der Waals surface area contributed by atoms with Crippen molar-refractivity contribution in [1.82, 2.24) is 14.7 Å². The standard InChI is InChI=1S/C21H33N3O2/c1-4-26-20-8-6-5-7-19(20)21(25)23-11-9-18(10-12-23)16-24-14-13-22(3)15-17(24)2/h5-8,17-18H,4,9-16H2,1-3H3/t17-/m0/s1. The number of piperazine rings is 1. The highest BCUT2D eigenvalue weighted by Crippen LogP contribution is 2.25. The Hall–Kier alpha value is -1.59. The van der Waals surface area contributed by atoms with Gasteiger partial charge in [0.25, 0.3) is 5.91 Å². The maximum absolute atomic E-state index is 12.9. The first-order valence-electron chi connectivity index (χ1n) is 10.0. The zero-order chi connectivity index (χ0) is 18.5. The van der Waals surface area contributed by atoms with Gasteiger partial charge in [0.15, 0.2) is 0 Å². The number of para-hydroxylation sites is 1. The van der Waals surface area contributed by atoms with E-state index in [-0.39, 0.29) is 5.91 Å². The largest absolute Gasteiger partial charge is 0.493 e. The van der Waals surface area contributed by atoms with Crippen molar-refractivity contribution >= 4 is 5.91 Å². The first-order chi connectivity index (χ1) is 12.6. The van der Waals surface area contributed by atoms with Crippen LogP contribution >= 0.6 is 0 Å². The van der Waals surface area contributed by atoms with Gasteiger partial charge >= 0.3 is 0 Å². The number of ether oxygens (including phenoxy) is 1. The number of carbonyl (C=O) groups excluding carboxylic acids is 1. The lowest BCUT2D eigenvalue weighted by molar-refractivity contribution is 0.0554. The molecule has 26 heavy (non-hydrogen) atoms. The van der Waals surface area contributed by atoms with Crippen molar-refractivity contribution in [1.29, 1.82) is 0 Å². The van der Waals surface area contributed by atoms with Gasteiger partial charge in [-0.25, -0.2) is 0 Å². The molecule has 5 heteroatoms. The van der Waals surface area contributed by atoms with E-state index >= 15 is 0 Å². The van der Waals surface area contributed by atoms with E-state index < -0.39 is 0 Å². The van der Waals surface area contributed by atoms with Gasteiger partial charge in [0.1, 0.15) is 5.75 Å². The Balaban J connectivity index is 1.53. The Labute approximate surface area is 157 Å². The summed E-state index contributed by atoms with van der Waals surface area (Å²) in [5.74, 6) is 1.51. The average molecular weight is 360 g/mol. The van der Waals surface area contributed by atoms with E-state index in [0.717, 1.165) is 39.0 Å². The molecule has 1 aromatic carbocycles. The van der Waals surface area contributed by atoms with Gasteiger partial charge in [0.05, 0.1) is 12.2 Å². The van der Waals surface area contributed by atoms with Gasteiger partial charge in [-0.3, -0.25) is 9.69 Å². The molecule has 2 aliphatic rings. The van der Waals surface area contributed by atoms with Crippen LogP contribution in [0.15, 0.2) is 24.3 Å². The van der Waals surface area contributed by atoms with Crippen molar-refractivity contribution in [3.05, 3.63) is 29.8 Å². The van der Waals surface area contributed by atoms with Crippen molar-refractivity contribution in [2.45, 2.75) is 32.7 Å². The molecule has 0 N–H and O–H groups in total. The van der Waals surface area contributed by atoms with Gasteiger partial charge in [0, 0.05) is 45.3 Å². The molecule has 0 unspecified atom stereocenters. The number of amides is 1. The Morgan fingerprint density at radius 3 is 2.58 bits per heavy atom. The molecule has 5 nitrogen and oxygen atoms in total. The second-order valence-corrected chi connectivity index (χ2v) is 7.77. The number of benzene rings is 1. The topological polar surface area (TPSA) is 36.0 Å². The number of piperidine rings is 1. The second-order valence-electron chi connectivity index (χ2n) is 7.77. The maximum atomic E-state index is 12.9. The molecule has 2 fully saturated rings. The smallest absolute Gasteiger partial charge is 0.257 e. The number of hydrogen-bond acceptors (Lipinski definition) is 4. The third kappa shape index (κ3) is 4.57. The van der Waals surface area contributed by atoms with Crippen molar-refractivity contribution < 1.29 is 9.53 Å². The van der Waals surface area contributed by atoms with E-state index in [4.69, 9.17) is 4.74 Å². The summed E-state index contributed by atoms with van der Waals surface area (Å²) in [5, 5.41) is 0. The van der Waals surface area contributed by atoms with Crippen LogP contribution in [0, 0.1) is 5.92 Å². The minimum Gasteiger partial charge on any atom is -0.493 e. The monoisotopic (exact) mass is 359 g/mol. The molecule has 1 atom stereocenters. The summed E-state index contributed by atoms with van der Waals surface area (Å²) in [5.41, 5.74) is 0.695. The van der Waals surface area contributed by atoms with Crippen LogP contribution in [0.1, 0.15) is 37.0 Å². The van der Waals surface area contributed by atoms with E-state index in [1.165, 1.54) is 13.1 Å². The van der Waals surface area contributed by atoms with Crippen molar-refractivity contribution in [2.24, 2.45) is 5.92 Å². The minimum absolute atomic E-state index is 0.112. The third-order valence-corrected chi connectivity index (χ3v) is 5.78. The van der Waals surface area contributed by atoms with Crippen LogP contribution in [0.3, 0.4) is 0 Å². The summed E-state index contributed by atoms with van der Waals surface area (Å²) in [6, 6.07) is 8.23. The van der Waals surface area contributed by atoms with E-state index in [0.29, 0.717) is 29.9 Å². The molecule has 2 aliphatic heterocycles. The number of rotatable bonds is 5. The zero-order valence-corrected chi connectivity index (χ0v) is 16.5. The maximum Gasteiger partial charge on any atom is 0.257 e. The summed E-state index contributed by atoms with van der Waals surface area (Å²) < 4.78 is 5.63. The normalized spacial score (nSPS) is 23.2. The molecule has 0 bridgehead atoms. The van der Waals surface area contributed by atoms with Crippen LogP contribution in [-0.4, -0.2) is 79.6 Å². The Morgan fingerprint density at radius 2 is 1.88 bits per heavy atom. The highest BCUT2D eigenvalue weighted by molar-refractivity contribution is 5.97. The number of carbonyl (C=O) groups is 1. The Morgan fingerprint density at radius 1 is 1.15 bits per heavy atom. The Kier molecular flexibility index (Phi) is 6.54. The van der Waals surface area contributed by atoms with Gasteiger partial charge in [-0.15, -0.1) is 0 Å². The minimum atomic E-state index is 0.112. The fourth-order valence-corrected chi connectivity index (χ4v) is 4.19. The predicted molar refractivity (Wildman–Crippen MR) is 105 cm³/mol. The summed E-state index contributed by atoms with van der Waals surface area (Å²) in [6.45, 7) is 11.2. The molecular formula is C21H33N3O2. The van der Waals surface area contributed by atoms with Crippen LogP contribution in [0.4, 0.5) is 0 Å². The number of likely N-dealkylation sites (tertiary alicyclic amines) is 1. The number of nitrogens with zero attached hydrogens (tertiary/aromatic N) is 3. The molecule has 1 aromatic rings. The molecule has 0 saturated carbocycles. The highest BCUT2D eigenvalue weighted by atomic mass is 16.5. The van der Waals surface area contributed by atoms with E-state index in [1.807, 2.05) is 36.1 Å². The second kappa shape index (κ2) is 8.87. The van der Waals surface area contributed by atoms with E-state index in [2.05, 4.69) is 23.8 Å². The lowest BCUT2D eigenvalue weighted by atomic mass is 9.94. The van der Waals surface area contributed by atoms with Crippen LogP contribution in [0.25, 0.3) is 0 Å². The van der Waals surface area contributed by atoms with Gasteiger partial charge in [-0.2, -0.15) is 0 Å². The van der Waals surface area contributed by atoms with Crippen LogP contribution in [0.2, 0.25) is 0 Å². The summed E-state index contributed by atoms with van der Waals surface area (Å²) in [6.07, 6.45) is 2.20. The molecule has 0 spiro atoms. The van der Waals surface area contributed by atoms with Gasteiger partial charge in [-0.1, -0.05) is 12.1 Å². The lowest BCUT2D eigenvalue weighted by Gasteiger charge is -2.41. The molecule has 0 radical (unpaired) electrons. The molecule has 144 valence electrons. The van der Waals surface area contributed by atoms with Crippen molar-refractivity contribution in [2.75, 3.05) is 52.9 Å². The first kappa shape index (κ1) is 19.2. The molecule has 1 amide bonds. The number of hydrogen-bond donors (Lipinski definition) is 0. The van der Waals surface area contributed by atoms with E-state index in [9.17, 15) is 4.79 Å². The summed E-state index contributed by atoms with van der Waals surface area (Å²) in [7, 11) is 2.21. The SMILES string of the molecule is CCOc1ccccc1C(=O)N1CCC(CN2CCN(C)C[C@@H]2C)CC1. The summed E-state index contributed by atoms with van der Waals surface area (Å²) in [4.78, 5) is 20.0. The van der Waals surface area contributed by atoms with Crippen LogP contribution in [0.5, 0.6) is 5.75 Å².